The van der Waals surface area contributed by atoms with Crippen molar-refractivity contribution in [1.29, 1.82) is 0 Å². The molecular formula is C22H23N3O2. The molecular weight excluding hydrogens is 338 g/mol. The van der Waals surface area contributed by atoms with Gasteiger partial charge >= 0.3 is 0 Å². The first-order valence-corrected chi connectivity index (χ1v) is 9.41. The van der Waals surface area contributed by atoms with E-state index in [9.17, 15) is 9.59 Å². The van der Waals surface area contributed by atoms with E-state index in [1.165, 1.54) is 11.8 Å². The van der Waals surface area contributed by atoms with Crippen molar-refractivity contribution in [3.05, 3.63) is 70.5 Å². The maximum atomic E-state index is 13.4. The van der Waals surface area contributed by atoms with Gasteiger partial charge in [-0.2, -0.15) is 5.10 Å². The largest absolute Gasteiger partial charge is 0.307 e. The highest BCUT2D eigenvalue weighted by Gasteiger charge is 2.32. The molecule has 0 saturated heterocycles. The molecule has 0 N–H and O–H groups in total. The van der Waals surface area contributed by atoms with Crippen molar-refractivity contribution in [2.24, 2.45) is 5.92 Å². The lowest BCUT2D eigenvalue weighted by atomic mass is 9.89. The van der Waals surface area contributed by atoms with Gasteiger partial charge in [0.1, 0.15) is 6.54 Å². The summed E-state index contributed by atoms with van der Waals surface area (Å²) in [6.07, 6.45) is 3.24. The molecule has 3 aromatic rings. The number of hydrogen-bond donors (Lipinski definition) is 0. The van der Waals surface area contributed by atoms with Crippen LogP contribution in [0.4, 0.5) is 5.69 Å². The van der Waals surface area contributed by atoms with Gasteiger partial charge in [0.25, 0.3) is 0 Å². The number of hydrogen-bond acceptors (Lipinski definition) is 3. The SMILES string of the molecule is CC(C)C1CCc2ccccc2N1C(=O)Cn1ncc(=O)c2ccccc21. The van der Waals surface area contributed by atoms with Crippen LogP contribution in [0.15, 0.2) is 59.5 Å². The topological polar surface area (TPSA) is 55.2 Å². The summed E-state index contributed by atoms with van der Waals surface area (Å²) >= 11 is 0. The average molecular weight is 361 g/mol. The van der Waals surface area contributed by atoms with Crippen LogP contribution in [0.5, 0.6) is 0 Å². The minimum atomic E-state index is -0.127. The predicted octanol–water partition coefficient (Wildman–Crippen LogP) is 3.40. The van der Waals surface area contributed by atoms with Gasteiger partial charge in [-0.3, -0.25) is 14.3 Å². The molecule has 5 nitrogen and oxygen atoms in total. The maximum absolute atomic E-state index is 13.4. The highest BCUT2D eigenvalue weighted by Crippen LogP contribution is 2.33. The number of para-hydroxylation sites is 2. The van der Waals surface area contributed by atoms with Gasteiger partial charge in [-0.25, -0.2) is 0 Å². The van der Waals surface area contributed by atoms with Crippen LogP contribution in [0.25, 0.3) is 10.9 Å². The van der Waals surface area contributed by atoms with Crippen LogP contribution in [0, 0.1) is 5.92 Å². The summed E-state index contributed by atoms with van der Waals surface area (Å²) in [6, 6.07) is 15.6. The van der Waals surface area contributed by atoms with Crippen LogP contribution in [-0.2, 0) is 17.8 Å². The first kappa shape index (κ1) is 17.5. The fourth-order valence-corrected chi connectivity index (χ4v) is 4.01. The zero-order valence-electron chi connectivity index (χ0n) is 15.6. The Labute approximate surface area is 158 Å². The minimum absolute atomic E-state index is 0.00199. The fraction of sp³-hybridized carbons (Fsp3) is 0.318. The molecule has 1 aliphatic heterocycles. The number of fused-ring (bicyclic) bond motifs is 2. The van der Waals surface area contributed by atoms with E-state index in [1.54, 1.807) is 10.7 Å². The van der Waals surface area contributed by atoms with Crippen LogP contribution in [0.1, 0.15) is 25.8 Å². The van der Waals surface area contributed by atoms with Crippen molar-refractivity contribution in [2.75, 3.05) is 4.90 Å². The van der Waals surface area contributed by atoms with Crippen LogP contribution in [0.3, 0.4) is 0 Å². The average Bonchev–Trinajstić information content (AvgIpc) is 2.69. The summed E-state index contributed by atoms with van der Waals surface area (Å²) in [5, 5.41) is 4.81. The second-order valence-corrected chi connectivity index (χ2v) is 7.43. The second kappa shape index (κ2) is 6.99. The van der Waals surface area contributed by atoms with E-state index in [0.717, 1.165) is 18.5 Å². The van der Waals surface area contributed by atoms with E-state index in [1.807, 2.05) is 41.3 Å². The standard InChI is InChI=1S/C22H23N3O2/c1-15(2)18-12-11-16-7-3-5-9-19(16)25(18)22(27)14-24-20-10-6-4-8-17(20)21(26)13-23-24/h3-10,13,15,18H,11-12,14H2,1-2H3. The molecule has 0 aliphatic carbocycles. The number of aromatic nitrogens is 2. The number of carbonyl (C=O) groups is 1. The lowest BCUT2D eigenvalue weighted by molar-refractivity contribution is -0.120. The van der Waals surface area contributed by atoms with Crippen LogP contribution in [-0.4, -0.2) is 21.7 Å². The third kappa shape index (κ3) is 3.14. The molecule has 0 bridgehead atoms. The van der Waals surface area contributed by atoms with Crippen molar-refractivity contribution < 1.29 is 4.79 Å². The van der Waals surface area contributed by atoms with E-state index in [2.05, 4.69) is 25.0 Å². The number of anilines is 1. The van der Waals surface area contributed by atoms with E-state index in [4.69, 9.17) is 0 Å². The summed E-state index contributed by atoms with van der Waals surface area (Å²) < 4.78 is 1.63. The van der Waals surface area contributed by atoms with Crippen molar-refractivity contribution in [3.63, 3.8) is 0 Å². The Morgan fingerprint density at radius 1 is 1.15 bits per heavy atom. The number of nitrogens with zero attached hydrogens (tertiary/aromatic N) is 3. The summed E-state index contributed by atoms with van der Waals surface area (Å²) in [5.41, 5.74) is 2.76. The zero-order valence-corrected chi connectivity index (χ0v) is 15.6. The van der Waals surface area contributed by atoms with E-state index >= 15 is 0 Å². The summed E-state index contributed by atoms with van der Waals surface area (Å²) in [4.78, 5) is 27.4. The first-order valence-electron chi connectivity index (χ1n) is 9.41. The summed E-state index contributed by atoms with van der Waals surface area (Å²) in [7, 11) is 0. The second-order valence-electron chi connectivity index (χ2n) is 7.43. The highest BCUT2D eigenvalue weighted by atomic mass is 16.2. The molecule has 1 unspecified atom stereocenters. The highest BCUT2D eigenvalue weighted by molar-refractivity contribution is 5.95. The molecule has 138 valence electrons. The Kier molecular flexibility index (Phi) is 4.52. The van der Waals surface area contributed by atoms with Crippen molar-refractivity contribution >= 4 is 22.5 Å². The molecule has 0 spiro atoms. The molecule has 1 aromatic heterocycles. The molecule has 1 amide bonds. The number of carbonyl (C=O) groups excluding carboxylic acids is 1. The third-order valence-electron chi connectivity index (χ3n) is 5.38. The fourth-order valence-electron chi connectivity index (χ4n) is 4.01. The molecule has 1 aliphatic rings. The molecule has 2 heterocycles. The van der Waals surface area contributed by atoms with Gasteiger partial charge < -0.3 is 4.90 Å². The van der Waals surface area contributed by atoms with E-state index in [0.29, 0.717) is 16.8 Å². The minimum Gasteiger partial charge on any atom is -0.307 e. The normalized spacial score (nSPS) is 16.6. The summed E-state index contributed by atoms with van der Waals surface area (Å²) in [6.45, 7) is 4.43. The molecule has 5 heteroatoms. The smallest absolute Gasteiger partial charge is 0.249 e. The van der Waals surface area contributed by atoms with Gasteiger partial charge in [-0.15, -0.1) is 0 Å². The van der Waals surface area contributed by atoms with Crippen molar-refractivity contribution in [1.82, 2.24) is 9.78 Å². The lowest BCUT2D eigenvalue weighted by Crippen LogP contribution is -2.48. The number of benzene rings is 2. The van der Waals surface area contributed by atoms with Gasteiger partial charge in [0.15, 0.2) is 0 Å². The molecule has 1 atom stereocenters. The van der Waals surface area contributed by atoms with Crippen LogP contribution >= 0.6 is 0 Å². The molecule has 27 heavy (non-hydrogen) atoms. The quantitative estimate of drug-likeness (QED) is 0.718. The molecule has 4 rings (SSSR count). The van der Waals surface area contributed by atoms with Crippen molar-refractivity contribution in [2.45, 2.75) is 39.3 Å². The Morgan fingerprint density at radius 2 is 1.89 bits per heavy atom. The van der Waals surface area contributed by atoms with Gasteiger partial charge in [-0.1, -0.05) is 44.2 Å². The molecule has 0 fully saturated rings. The first-order chi connectivity index (χ1) is 13.1. The summed E-state index contributed by atoms with van der Waals surface area (Å²) in [5.74, 6) is 0.364. The monoisotopic (exact) mass is 361 g/mol. The van der Waals surface area contributed by atoms with E-state index < -0.39 is 0 Å². The van der Waals surface area contributed by atoms with E-state index in [-0.39, 0.29) is 23.9 Å². The predicted molar refractivity (Wildman–Crippen MR) is 107 cm³/mol. The molecule has 0 saturated carbocycles. The van der Waals surface area contributed by atoms with Crippen molar-refractivity contribution in [3.8, 4) is 0 Å². The third-order valence-corrected chi connectivity index (χ3v) is 5.38. The Hall–Kier alpha value is -2.95. The van der Waals surface area contributed by atoms with Crippen LogP contribution in [0.2, 0.25) is 0 Å². The molecule has 2 aromatic carbocycles. The lowest BCUT2D eigenvalue weighted by Gasteiger charge is -2.39. The Bertz CT molecular complexity index is 1050. The van der Waals surface area contributed by atoms with Gasteiger partial charge in [-0.05, 0) is 42.5 Å². The van der Waals surface area contributed by atoms with Gasteiger partial charge in [0.05, 0.1) is 11.7 Å². The maximum Gasteiger partial charge on any atom is 0.249 e. The Morgan fingerprint density at radius 3 is 2.70 bits per heavy atom. The van der Waals surface area contributed by atoms with Gasteiger partial charge in [0, 0.05) is 17.1 Å². The van der Waals surface area contributed by atoms with Crippen LogP contribution < -0.4 is 10.3 Å². The molecule has 0 radical (unpaired) electrons. The number of rotatable bonds is 3. The van der Waals surface area contributed by atoms with Gasteiger partial charge in [0.2, 0.25) is 11.3 Å². The number of aryl methyl sites for hydroxylation is 1. The zero-order chi connectivity index (χ0) is 19.0. The number of amides is 1. The Balaban J connectivity index is 1.74.